The highest BCUT2D eigenvalue weighted by atomic mass is 35.5. The topological polar surface area (TPSA) is 41.6 Å². The van der Waals surface area contributed by atoms with Gasteiger partial charge in [-0.25, -0.2) is 0 Å². The van der Waals surface area contributed by atoms with Gasteiger partial charge in [0.15, 0.2) is 5.78 Å². The van der Waals surface area contributed by atoms with Crippen LogP contribution in [0.3, 0.4) is 0 Å². The van der Waals surface area contributed by atoms with E-state index < -0.39 is 0 Å². The van der Waals surface area contributed by atoms with Gasteiger partial charge in [0.2, 0.25) is 0 Å². The first-order chi connectivity index (χ1) is 11.7. The Kier molecular flexibility index (Phi) is 5.06. The Morgan fingerprint density at radius 1 is 1.25 bits per heavy atom. The smallest absolute Gasteiger partial charge is 0.189 e. The summed E-state index contributed by atoms with van der Waals surface area (Å²) in [4.78, 5) is 14.6. The van der Waals surface area contributed by atoms with Crippen LogP contribution in [-0.4, -0.2) is 30.9 Å². The lowest BCUT2D eigenvalue weighted by atomic mass is 10.1. The number of hydrogen-bond acceptors (Lipinski definition) is 4. The van der Waals surface area contributed by atoms with E-state index >= 15 is 0 Å². The fourth-order valence-electron chi connectivity index (χ4n) is 2.65. The zero-order valence-corrected chi connectivity index (χ0v) is 14.2. The number of nitrogens with one attached hydrogen (secondary N) is 1. The number of methoxy groups -OCH3 is 1. The molecule has 0 aromatic heterocycles. The number of ketones is 1. The van der Waals surface area contributed by atoms with E-state index in [0.717, 1.165) is 35.2 Å². The predicted octanol–water partition coefficient (Wildman–Crippen LogP) is 3.48. The normalized spacial score (nSPS) is 15.4. The van der Waals surface area contributed by atoms with Crippen LogP contribution in [-0.2, 0) is 6.54 Å². The number of ether oxygens (including phenoxy) is 1. The Morgan fingerprint density at radius 3 is 2.71 bits per heavy atom. The molecule has 0 atom stereocenters. The van der Waals surface area contributed by atoms with Crippen molar-refractivity contribution in [2.75, 3.05) is 20.2 Å². The molecule has 0 radical (unpaired) electrons. The van der Waals surface area contributed by atoms with Gasteiger partial charge in [0.25, 0.3) is 0 Å². The molecule has 124 valence electrons. The van der Waals surface area contributed by atoms with Gasteiger partial charge in [0, 0.05) is 36.3 Å². The van der Waals surface area contributed by atoms with Crippen LogP contribution in [0.4, 0.5) is 0 Å². The third-order valence-electron chi connectivity index (χ3n) is 3.99. The van der Waals surface area contributed by atoms with Gasteiger partial charge in [-0.2, -0.15) is 0 Å². The van der Waals surface area contributed by atoms with Gasteiger partial charge in [-0.05, 0) is 35.9 Å². The van der Waals surface area contributed by atoms with Crippen molar-refractivity contribution >= 4 is 17.4 Å². The maximum absolute atomic E-state index is 12.5. The molecule has 24 heavy (non-hydrogen) atoms. The van der Waals surface area contributed by atoms with Gasteiger partial charge in [-0.3, -0.25) is 4.79 Å². The molecule has 1 N–H and O–H groups in total. The number of carbonyl (C=O) groups excluding carboxylic acids is 1. The molecule has 2 aromatic rings. The molecule has 0 unspecified atom stereocenters. The molecule has 0 amide bonds. The van der Waals surface area contributed by atoms with Crippen molar-refractivity contribution in [3.05, 3.63) is 76.6 Å². The molecule has 0 spiro atoms. The number of hydrogen-bond donors (Lipinski definition) is 1. The van der Waals surface area contributed by atoms with Crippen molar-refractivity contribution < 1.29 is 9.53 Å². The fourth-order valence-corrected chi connectivity index (χ4v) is 2.85. The first-order valence-electron chi connectivity index (χ1n) is 7.79. The second-order valence-corrected chi connectivity index (χ2v) is 5.97. The molecule has 0 bridgehead atoms. The zero-order valence-electron chi connectivity index (χ0n) is 13.5. The second-order valence-electron chi connectivity index (χ2n) is 5.56. The van der Waals surface area contributed by atoms with Crippen LogP contribution in [0.5, 0.6) is 5.75 Å². The van der Waals surface area contributed by atoms with Gasteiger partial charge in [-0.15, -0.1) is 0 Å². The predicted molar refractivity (Wildman–Crippen MR) is 95.3 cm³/mol. The summed E-state index contributed by atoms with van der Waals surface area (Å²) in [5.74, 6) is 1.53. The van der Waals surface area contributed by atoms with Crippen LogP contribution in [0.2, 0.25) is 5.02 Å². The highest BCUT2D eigenvalue weighted by Gasteiger charge is 2.19. The van der Waals surface area contributed by atoms with Gasteiger partial charge in [0.1, 0.15) is 11.6 Å². The first-order valence-corrected chi connectivity index (χ1v) is 8.17. The van der Waals surface area contributed by atoms with E-state index in [-0.39, 0.29) is 5.78 Å². The lowest BCUT2D eigenvalue weighted by Crippen LogP contribution is -2.21. The molecule has 1 fully saturated rings. The molecule has 3 rings (SSSR count). The monoisotopic (exact) mass is 342 g/mol. The van der Waals surface area contributed by atoms with E-state index in [0.29, 0.717) is 12.1 Å². The van der Waals surface area contributed by atoms with E-state index in [9.17, 15) is 4.79 Å². The highest BCUT2D eigenvalue weighted by molar-refractivity contribution is 6.31. The average molecular weight is 343 g/mol. The van der Waals surface area contributed by atoms with Crippen LogP contribution in [0, 0.1) is 0 Å². The number of benzene rings is 2. The molecule has 1 heterocycles. The number of rotatable bonds is 5. The van der Waals surface area contributed by atoms with Crippen molar-refractivity contribution in [1.82, 2.24) is 10.2 Å². The third kappa shape index (κ3) is 3.71. The summed E-state index contributed by atoms with van der Waals surface area (Å²) >= 11 is 6.24. The molecule has 4 nitrogen and oxygen atoms in total. The second kappa shape index (κ2) is 7.41. The molecular weight excluding hydrogens is 324 g/mol. The Hall–Kier alpha value is -2.46. The quantitative estimate of drug-likeness (QED) is 0.667. The number of carbonyl (C=O) groups is 1. The SMILES string of the molecule is COc1ccc(C(=O)C=C2NCCN2Cc2ccccc2Cl)cc1. The lowest BCUT2D eigenvalue weighted by molar-refractivity contribution is 0.104. The van der Waals surface area contributed by atoms with E-state index in [1.54, 1.807) is 37.5 Å². The van der Waals surface area contributed by atoms with Gasteiger partial charge >= 0.3 is 0 Å². The Bertz CT molecular complexity index is 756. The van der Waals surface area contributed by atoms with Crippen molar-refractivity contribution in [3.8, 4) is 5.75 Å². The summed E-state index contributed by atoms with van der Waals surface area (Å²) in [6.45, 7) is 2.33. The van der Waals surface area contributed by atoms with Crippen LogP contribution in [0.15, 0.2) is 60.4 Å². The fraction of sp³-hybridized carbons (Fsp3) is 0.211. The molecule has 5 heteroatoms. The molecule has 0 saturated carbocycles. The third-order valence-corrected chi connectivity index (χ3v) is 4.36. The molecule has 1 aliphatic rings. The van der Waals surface area contributed by atoms with Gasteiger partial charge in [-0.1, -0.05) is 29.8 Å². The number of allylic oxidation sites excluding steroid dienone is 1. The highest BCUT2D eigenvalue weighted by Crippen LogP contribution is 2.20. The average Bonchev–Trinajstić information content (AvgIpc) is 3.04. The maximum atomic E-state index is 12.5. The summed E-state index contributed by atoms with van der Waals surface area (Å²) < 4.78 is 5.12. The Morgan fingerprint density at radius 2 is 2.00 bits per heavy atom. The standard InChI is InChI=1S/C19H19ClN2O2/c1-24-16-8-6-14(7-9-16)18(23)12-19-21-10-11-22(19)13-15-4-2-3-5-17(15)20/h2-9,12,21H,10-11,13H2,1H3. The van der Waals surface area contributed by atoms with Crippen LogP contribution in [0.1, 0.15) is 15.9 Å². The van der Waals surface area contributed by atoms with Crippen LogP contribution < -0.4 is 10.1 Å². The first kappa shape index (κ1) is 16.4. The molecular formula is C19H19ClN2O2. The van der Waals surface area contributed by atoms with E-state index in [2.05, 4.69) is 10.2 Å². The van der Waals surface area contributed by atoms with Gasteiger partial charge in [0.05, 0.1) is 7.11 Å². The summed E-state index contributed by atoms with van der Waals surface area (Å²) in [6.07, 6.45) is 1.64. The zero-order chi connectivity index (χ0) is 16.9. The lowest BCUT2D eigenvalue weighted by Gasteiger charge is -2.19. The largest absolute Gasteiger partial charge is 0.497 e. The van der Waals surface area contributed by atoms with Crippen molar-refractivity contribution in [1.29, 1.82) is 0 Å². The minimum absolute atomic E-state index is 0.0359. The van der Waals surface area contributed by atoms with Crippen LogP contribution in [0.25, 0.3) is 0 Å². The summed E-state index contributed by atoms with van der Waals surface area (Å²) in [6, 6.07) is 14.9. The molecule has 0 aliphatic carbocycles. The van der Waals surface area contributed by atoms with E-state index in [1.807, 2.05) is 24.3 Å². The minimum Gasteiger partial charge on any atom is -0.497 e. The molecule has 1 saturated heterocycles. The van der Waals surface area contributed by atoms with E-state index in [1.165, 1.54) is 0 Å². The summed E-state index contributed by atoms with van der Waals surface area (Å²) in [7, 11) is 1.61. The van der Waals surface area contributed by atoms with Gasteiger partial charge < -0.3 is 15.0 Å². The Balaban J connectivity index is 1.75. The maximum Gasteiger partial charge on any atom is 0.189 e. The van der Waals surface area contributed by atoms with Crippen molar-refractivity contribution in [2.45, 2.75) is 6.54 Å². The number of halogens is 1. The van der Waals surface area contributed by atoms with E-state index in [4.69, 9.17) is 16.3 Å². The summed E-state index contributed by atoms with van der Waals surface area (Å²) in [5, 5.41) is 4.01. The van der Waals surface area contributed by atoms with Crippen molar-refractivity contribution in [2.24, 2.45) is 0 Å². The molecule has 2 aromatic carbocycles. The minimum atomic E-state index is -0.0359. The van der Waals surface area contributed by atoms with Crippen LogP contribution >= 0.6 is 11.6 Å². The number of nitrogens with zero attached hydrogens (tertiary/aromatic N) is 1. The summed E-state index contributed by atoms with van der Waals surface area (Å²) in [5.41, 5.74) is 1.68. The van der Waals surface area contributed by atoms with Crippen molar-refractivity contribution in [3.63, 3.8) is 0 Å². The Labute approximate surface area is 146 Å². The molecule has 1 aliphatic heterocycles.